The maximum absolute atomic E-state index is 12.1. The van der Waals surface area contributed by atoms with Crippen LogP contribution in [-0.2, 0) is 14.3 Å². The molecular weight excluding hydrogens is 805 g/mol. The maximum Gasteiger partial charge on any atom is 0.303 e. The van der Waals surface area contributed by atoms with Gasteiger partial charge in [0.2, 0.25) is 0 Å². The highest BCUT2D eigenvalue weighted by molar-refractivity contribution is 5.98. The molecule has 0 fully saturated rings. The van der Waals surface area contributed by atoms with Crippen LogP contribution in [0.5, 0.6) is 17.2 Å². The molecule has 0 aromatic heterocycles. The zero-order valence-electron chi connectivity index (χ0n) is 38.7. The molecule has 0 aliphatic carbocycles. The van der Waals surface area contributed by atoms with Gasteiger partial charge in [-0.2, -0.15) is 0 Å². The predicted molar refractivity (Wildman–Crippen MR) is 272 cm³/mol. The van der Waals surface area contributed by atoms with E-state index in [0.717, 1.165) is 59.5 Å². The van der Waals surface area contributed by atoms with Gasteiger partial charge in [0.05, 0.1) is 20.8 Å². The second-order valence-electron chi connectivity index (χ2n) is 13.4. The largest absolute Gasteiger partial charge is 0.496 e. The van der Waals surface area contributed by atoms with Gasteiger partial charge in [-0.3, -0.25) is 14.4 Å². The van der Waals surface area contributed by atoms with E-state index in [0.29, 0.717) is 24.5 Å². The number of esters is 1. The lowest BCUT2D eigenvalue weighted by Crippen LogP contribution is -2.25. The SMILES string of the molecule is C.C=C.C=C.C=C.CC(=O)O.CCCCN(CCCC)c1ccc(/C=C/c2cc(OC)c(/C=C/c3ccc(N(C)CCOc4ccc(C(=O)COC(C)=O)cc4)cc3)cc2OC)cc1. The van der Waals surface area contributed by atoms with Crippen LogP contribution in [0.2, 0.25) is 0 Å². The van der Waals surface area contributed by atoms with Crippen molar-refractivity contribution in [2.24, 2.45) is 0 Å². The van der Waals surface area contributed by atoms with Crippen molar-refractivity contribution < 1.29 is 38.4 Å². The van der Waals surface area contributed by atoms with Gasteiger partial charge < -0.3 is 33.9 Å². The number of carbonyl (C=O) groups excluding carboxylic acids is 2. The van der Waals surface area contributed by atoms with Crippen molar-refractivity contribution in [1.29, 1.82) is 0 Å². The lowest BCUT2D eigenvalue weighted by molar-refractivity contribution is -0.140. The lowest BCUT2D eigenvalue weighted by Gasteiger charge is -2.24. The summed E-state index contributed by atoms with van der Waals surface area (Å²) >= 11 is 0. The Morgan fingerprint density at radius 2 is 1.06 bits per heavy atom. The molecule has 10 heteroatoms. The topological polar surface area (TPSA) is 115 Å². The number of nitrogens with zero attached hydrogens (tertiary/aromatic N) is 2. The first-order chi connectivity index (χ1) is 30.5. The van der Waals surface area contributed by atoms with E-state index in [9.17, 15) is 9.59 Å². The number of hydrogen-bond donors (Lipinski definition) is 1. The molecular formula is C54H74N2O8. The predicted octanol–water partition coefficient (Wildman–Crippen LogP) is 12.8. The second-order valence-corrected chi connectivity index (χ2v) is 13.4. The Morgan fingerprint density at radius 1 is 0.641 bits per heavy atom. The van der Waals surface area contributed by atoms with E-state index < -0.39 is 11.9 Å². The Morgan fingerprint density at radius 3 is 1.45 bits per heavy atom. The molecule has 0 bridgehead atoms. The van der Waals surface area contributed by atoms with Crippen LogP contribution >= 0.6 is 0 Å². The molecule has 0 radical (unpaired) electrons. The second kappa shape index (κ2) is 35.8. The van der Waals surface area contributed by atoms with Crippen LogP contribution < -0.4 is 24.0 Å². The number of unbranched alkanes of at least 4 members (excludes halogenated alkanes) is 2. The minimum atomic E-state index is -0.833. The summed E-state index contributed by atoms with van der Waals surface area (Å²) in [5.41, 5.74) is 6.86. The fourth-order valence-electron chi connectivity index (χ4n) is 5.70. The van der Waals surface area contributed by atoms with E-state index in [1.165, 1.54) is 38.3 Å². The normalized spacial score (nSPS) is 9.80. The van der Waals surface area contributed by atoms with Crippen molar-refractivity contribution in [3.63, 3.8) is 0 Å². The molecule has 0 amide bonds. The van der Waals surface area contributed by atoms with E-state index in [2.05, 4.69) is 130 Å². The molecule has 0 atom stereocenters. The van der Waals surface area contributed by atoms with Gasteiger partial charge in [0.25, 0.3) is 5.97 Å². The van der Waals surface area contributed by atoms with Gasteiger partial charge in [-0.15, -0.1) is 39.5 Å². The standard InChI is InChI=1S/C45H54N2O6.C2H4O2.3C2H4.CH4/c1-7-9-27-47(28-10-8-2)41-23-15-36(16-24-41)12-18-39-32-44(50-5)38(31-45(39)51-6)17-11-35-13-21-40(22-14-35)46(4)29-30-52-42-25-19-37(20-26-42)43(49)33-53-34(3)48;1-2(3)4;3*1-2;/h11-26,31-32H,7-10,27-30,33H2,1-6H3;1H3,(H,3,4);3*1-2H2;1H4/b17-11+,18-12+;;;;;. The van der Waals surface area contributed by atoms with E-state index in [-0.39, 0.29) is 19.8 Å². The number of ether oxygens (including phenoxy) is 4. The van der Waals surface area contributed by atoms with E-state index in [1.54, 1.807) is 38.5 Å². The molecule has 4 aromatic carbocycles. The number of hydrogen-bond acceptors (Lipinski definition) is 9. The van der Waals surface area contributed by atoms with E-state index >= 15 is 0 Å². The number of aliphatic carboxylic acids is 1. The average molecular weight is 879 g/mol. The summed E-state index contributed by atoms with van der Waals surface area (Å²) in [5.74, 6) is 0.626. The van der Waals surface area contributed by atoms with Gasteiger partial charge in [0.1, 0.15) is 23.9 Å². The van der Waals surface area contributed by atoms with E-state index in [4.69, 9.17) is 28.8 Å². The molecule has 4 rings (SSSR count). The third kappa shape index (κ3) is 22.9. The van der Waals surface area contributed by atoms with Crippen LogP contribution in [0, 0.1) is 0 Å². The van der Waals surface area contributed by atoms with Crippen LogP contribution in [0.1, 0.15) is 93.4 Å². The zero-order chi connectivity index (χ0) is 47.6. The number of methoxy groups -OCH3 is 2. The van der Waals surface area contributed by atoms with Crippen molar-refractivity contribution >= 4 is 53.4 Å². The number of anilines is 2. The molecule has 0 aliphatic heterocycles. The summed E-state index contributed by atoms with van der Waals surface area (Å²) in [5, 5.41) is 7.42. The highest BCUT2D eigenvalue weighted by Crippen LogP contribution is 2.32. The summed E-state index contributed by atoms with van der Waals surface area (Å²) in [6, 6.07) is 28.0. The summed E-state index contributed by atoms with van der Waals surface area (Å²) in [6.07, 6.45) is 13.1. The van der Waals surface area contributed by atoms with Crippen molar-refractivity contribution in [1.82, 2.24) is 0 Å². The van der Waals surface area contributed by atoms with Crippen molar-refractivity contribution in [2.45, 2.75) is 60.8 Å². The Balaban J connectivity index is 0. The van der Waals surface area contributed by atoms with Crippen molar-refractivity contribution in [3.8, 4) is 17.2 Å². The van der Waals surface area contributed by atoms with Gasteiger partial charge in [-0.05, 0) is 84.6 Å². The number of ketones is 1. The zero-order valence-corrected chi connectivity index (χ0v) is 38.7. The van der Waals surface area contributed by atoms with Gasteiger partial charge in [-0.1, -0.05) is 82.7 Å². The Kier molecular flexibility index (Phi) is 33.1. The third-order valence-corrected chi connectivity index (χ3v) is 8.93. The maximum atomic E-state index is 12.1. The number of carboxylic acids is 1. The fourth-order valence-corrected chi connectivity index (χ4v) is 5.70. The Hall–Kier alpha value is -6.81. The first-order valence-corrected chi connectivity index (χ1v) is 20.8. The molecule has 0 unspecified atom stereocenters. The van der Waals surface area contributed by atoms with Crippen LogP contribution in [0.3, 0.4) is 0 Å². The molecule has 0 saturated heterocycles. The number of carboxylic acid groups (broad SMARTS) is 1. The molecule has 4 aromatic rings. The van der Waals surface area contributed by atoms with Gasteiger partial charge >= 0.3 is 5.97 Å². The van der Waals surface area contributed by atoms with Crippen LogP contribution in [0.25, 0.3) is 24.3 Å². The lowest BCUT2D eigenvalue weighted by atomic mass is 10.0. The Labute approximate surface area is 384 Å². The molecule has 1 N–H and O–H groups in total. The molecule has 0 heterocycles. The molecule has 348 valence electrons. The smallest absolute Gasteiger partial charge is 0.303 e. The van der Waals surface area contributed by atoms with Gasteiger partial charge in [0.15, 0.2) is 12.4 Å². The number of benzene rings is 4. The third-order valence-electron chi connectivity index (χ3n) is 8.93. The first-order valence-electron chi connectivity index (χ1n) is 20.8. The van der Waals surface area contributed by atoms with E-state index in [1.807, 2.05) is 25.3 Å². The number of rotatable bonds is 21. The minimum absolute atomic E-state index is 0. The summed E-state index contributed by atoms with van der Waals surface area (Å²) < 4.78 is 22.3. The highest BCUT2D eigenvalue weighted by Gasteiger charge is 2.11. The molecule has 0 aliphatic rings. The van der Waals surface area contributed by atoms with Gasteiger partial charge in [-0.25, -0.2) is 0 Å². The van der Waals surface area contributed by atoms with Crippen molar-refractivity contribution in [2.75, 3.05) is 63.9 Å². The van der Waals surface area contributed by atoms with Crippen molar-refractivity contribution in [3.05, 3.63) is 152 Å². The Bertz CT molecular complexity index is 1940. The average Bonchev–Trinajstić information content (AvgIpc) is 3.31. The number of likely N-dealkylation sites (N-methyl/N-ethyl adjacent to an activating group) is 1. The molecule has 10 nitrogen and oxygen atoms in total. The van der Waals surface area contributed by atoms with Crippen LogP contribution in [-0.4, -0.2) is 76.9 Å². The minimum Gasteiger partial charge on any atom is -0.496 e. The van der Waals surface area contributed by atoms with Crippen LogP contribution in [0.4, 0.5) is 11.4 Å². The summed E-state index contributed by atoms with van der Waals surface area (Å²) in [6.45, 7) is 27.9. The molecule has 64 heavy (non-hydrogen) atoms. The van der Waals surface area contributed by atoms with Gasteiger partial charge in [0, 0.05) is 62.0 Å². The molecule has 0 spiro atoms. The monoisotopic (exact) mass is 879 g/mol. The fraction of sp³-hybridized carbons (Fsp3) is 0.315. The summed E-state index contributed by atoms with van der Waals surface area (Å²) in [4.78, 5) is 36.7. The number of Topliss-reactive ketones (excluding diaryl/α,β-unsaturated/α-hetero) is 1. The number of carbonyl (C=O) groups is 3. The first kappa shape index (κ1) is 59.3. The quantitative estimate of drug-likeness (QED) is 0.0375. The summed E-state index contributed by atoms with van der Waals surface area (Å²) in [7, 11) is 5.40. The molecule has 0 saturated carbocycles. The van der Waals surface area contributed by atoms with Crippen LogP contribution in [0.15, 0.2) is 124 Å². The highest BCUT2D eigenvalue weighted by atomic mass is 16.5.